The van der Waals surface area contributed by atoms with Crippen LogP contribution in [0.4, 0.5) is 0 Å². The molecule has 0 spiro atoms. The summed E-state index contributed by atoms with van der Waals surface area (Å²) in [4.78, 5) is 31.5. The van der Waals surface area contributed by atoms with Crippen LogP contribution in [-0.4, -0.2) is 33.0 Å². The van der Waals surface area contributed by atoms with E-state index in [0.717, 1.165) is 30.7 Å². The average Bonchev–Trinajstić information content (AvgIpc) is 2.87. The van der Waals surface area contributed by atoms with E-state index < -0.39 is 0 Å². The Bertz CT molecular complexity index is 669. The van der Waals surface area contributed by atoms with Gasteiger partial charge in [0.1, 0.15) is 0 Å². The maximum atomic E-state index is 12.7. The number of benzene rings is 1. The molecule has 0 aliphatic carbocycles. The van der Waals surface area contributed by atoms with E-state index in [1.165, 1.54) is 0 Å². The molecule has 0 radical (unpaired) electrons. The zero-order chi connectivity index (χ0) is 18.4. The lowest BCUT2D eigenvalue weighted by Crippen LogP contribution is -2.65. The number of rotatable bonds is 4. The Labute approximate surface area is 149 Å². The Morgan fingerprint density at radius 1 is 1.08 bits per heavy atom. The number of hydroxylamine groups is 4. The summed E-state index contributed by atoms with van der Waals surface area (Å²) in [5, 5.41) is 2.89. The predicted octanol–water partition coefficient (Wildman–Crippen LogP) is 4.20. The zero-order valence-corrected chi connectivity index (χ0v) is 15.8. The van der Waals surface area contributed by atoms with Crippen molar-refractivity contribution < 1.29 is 14.5 Å². The molecule has 5 nitrogen and oxygen atoms in total. The SMILES string of the molecule is CCC1(C)CCC(C)C(C)(CC)N1ON1C(=O)c2ccccc2C1=O. The maximum absolute atomic E-state index is 12.7. The van der Waals surface area contributed by atoms with Crippen LogP contribution in [0.15, 0.2) is 24.3 Å². The van der Waals surface area contributed by atoms with Crippen molar-refractivity contribution in [3.63, 3.8) is 0 Å². The van der Waals surface area contributed by atoms with E-state index in [-0.39, 0.29) is 22.9 Å². The molecule has 0 N–H and O–H groups in total. The van der Waals surface area contributed by atoms with Crippen molar-refractivity contribution in [3.8, 4) is 0 Å². The molecular weight excluding hydrogens is 316 g/mol. The second kappa shape index (κ2) is 6.22. The first-order valence-corrected chi connectivity index (χ1v) is 9.24. The number of carbonyl (C=O) groups excluding carboxylic acids is 2. The molecular formula is C20H28N2O3. The maximum Gasteiger partial charge on any atom is 0.287 e. The van der Waals surface area contributed by atoms with Crippen LogP contribution in [0.5, 0.6) is 0 Å². The van der Waals surface area contributed by atoms with Crippen molar-refractivity contribution in [2.24, 2.45) is 5.92 Å². The third kappa shape index (κ3) is 2.61. The molecule has 25 heavy (non-hydrogen) atoms. The Kier molecular flexibility index (Phi) is 4.50. The molecule has 0 saturated carbocycles. The summed E-state index contributed by atoms with van der Waals surface area (Å²) >= 11 is 0. The second-order valence-corrected chi connectivity index (χ2v) is 7.83. The topological polar surface area (TPSA) is 49.9 Å². The highest BCUT2D eigenvalue weighted by atomic mass is 16.9. The lowest BCUT2D eigenvalue weighted by Gasteiger charge is -2.56. The fraction of sp³-hybridized carbons (Fsp3) is 0.600. The Morgan fingerprint density at radius 2 is 1.64 bits per heavy atom. The van der Waals surface area contributed by atoms with E-state index in [1.54, 1.807) is 24.3 Å². The first-order valence-electron chi connectivity index (χ1n) is 9.24. The van der Waals surface area contributed by atoms with Gasteiger partial charge in [-0.1, -0.05) is 32.9 Å². The van der Waals surface area contributed by atoms with Crippen LogP contribution < -0.4 is 0 Å². The summed E-state index contributed by atoms with van der Waals surface area (Å²) in [6.45, 7) is 10.8. The number of piperidine rings is 1. The van der Waals surface area contributed by atoms with E-state index in [0.29, 0.717) is 17.0 Å². The highest BCUT2D eigenvalue weighted by molar-refractivity contribution is 6.20. The van der Waals surface area contributed by atoms with Crippen molar-refractivity contribution >= 4 is 11.8 Å². The van der Waals surface area contributed by atoms with E-state index in [1.807, 2.05) is 5.06 Å². The number of fused-ring (bicyclic) bond motifs is 1. The Morgan fingerprint density at radius 3 is 2.12 bits per heavy atom. The van der Waals surface area contributed by atoms with E-state index in [4.69, 9.17) is 4.94 Å². The molecule has 1 aromatic carbocycles. The number of hydrogen-bond donors (Lipinski definition) is 0. The van der Waals surface area contributed by atoms with Crippen LogP contribution in [0.2, 0.25) is 0 Å². The van der Waals surface area contributed by atoms with Crippen molar-refractivity contribution in [3.05, 3.63) is 35.4 Å². The third-order valence-electron chi connectivity index (χ3n) is 6.53. The molecule has 2 heterocycles. The molecule has 1 aromatic rings. The van der Waals surface area contributed by atoms with Crippen molar-refractivity contribution in [2.45, 2.75) is 71.4 Å². The number of carbonyl (C=O) groups is 2. The van der Waals surface area contributed by atoms with Gasteiger partial charge in [-0.3, -0.25) is 9.59 Å². The minimum atomic E-state index is -0.379. The van der Waals surface area contributed by atoms with Gasteiger partial charge in [-0.15, -0.1) is 5.06 Å². The average molecular weight is 344 g/mol. The van der Waals surface area contributed by atoms with Gasteiger partial charge >= 0.3 is 0 Å². The molecule has 0 aromatic heterocycles. The Balaban J connectivity index is 1.97. The predicted molar refractivity (Wildman–Crippen MR) is 95.7 cm³/mol. The lowest BCUT2D eigenvalue weighted by molar-refractivity contribution is -0.371. The van der Waals surface area contributed by atoms with Crippen LogP contribution in [0.3, 0.4) is 0 Å². The minimum Gasteiger partial charge on any atom is -0.266 e. The number of amides is 2. The largest absolute Gasteiger partial charge is 0.287 e. The van der Waals surface area contributed by atoms with Crippen LogP contribution in [-0.2, 0) is 4.94 Å². The quantitative estimate of drug-likeness (QED) is 0.768. The fourth-order valence-electron chi connectivity index (χ4n) is 4.08. The van der Waals surface area contributed by atoms with Crippen LogP contribution in [0, 0.1) is 5.92 Å². The normalized spacial score (nSPS) is 33.0. The summed E-state index contributed by atoms with van der Waals surface area (Å²) in [5.74, 6) is -0.348. The van der Waals surface area contributed by atoms with Gasteiger partial charge in [0.15, 0.2) is 0 Å². The second-order valence-electron chi connectivity index (χ2n) is 7.83. The van der Waals surface area contributed by atoms with E-state index in [9.17, 15) is 9.59 Å². The Hall–Kier alpha value is -1.72. The molecule has 1 fully saturated rings. The van der Waals surface area contributed by atoms with Crippen LogP contribution in [0.25, 0.3) is 0 Å². The molecule has 5 heteroatoms. The molecule has 2 aliphatic rings. The zero-order valence-electron chi connectivity index (χ0n) is 15.8. The highest BCUT2D eigenvalue weighted by Crippen LogP contribution is 2.46. The minimum absolute atomic E-state index is 0.216. The molecule has 3 rings (SSSR count). The molecule has 3 atom stereocenters. The molecule has 3 unspecified atom stereocenters. The van der Waals surface area contributed by atoms with Gasteiger partial charge in [0.25, 0.3) is 11.8 Å². The molecule has 136 valence electrons. The molecule has 2 amide bonds. The van der Waals surface area contributed by atoms with Crippen molar-refractivity contribution in [1.29, 1.82) is 0 Å². The smallest absolute Gasteiger partial charge is 0.266 e. The summed E-state index contributed by atoms with van der Waals surface area (Å²) in [7, 11) is 0. The van der Waals surface area contributed by atoms with Gasteiger partial charge in [0.2, 0.25) is 0 Å². The number of hydrogen-bond acceptors (Lipinski definition) is 4. The summed E-state index contributed by atoms with van der Waals surface area (Å²) in [5.41, 5.74) is 0.369. The van der Waals surface area contributed by atoms with Gasteiger partial charge in [0, 0.05) is 11.1 Å². The summed E-state index contributed by atoms with van der Waals surface area (Å²) in [6, 6.07) is 6.89. The van der Waals surface area contributed by atoms with Crippen LogP contribution in [0.1, 0.15) is 81.0 Å². The first kappa shape index (κ1) is 18.1. The van der Waals surface area contributed by atoms with E-state index in [2.05, 4.69) is 34.6 Å². The van der Waals surface area contributed by atoms with Gasteiger partial charge in [-0.05, 0) is 57.6 Å². The van der Waals surface area contributed by atoms with Gasteiger partial charge in [-0.2, -0.15) is 10.0 Å². The van der Waals surface area contributed by atoms with Crippen molar-refractivity contribution in [2.75, 3.05) is 0 Å². The van der Waals surface area contributed by atoms with Crippen molar-refractivity contribution in [1.82, 2.24) is 10.1 Å². The third-order valence-corrected chi connectivity index (χ3v) is 6.53. The number of imide groups is 1. The summed E-state index contributed by atoms with van der Waals surface area (Å²) in [6.07, 6.45) is 3.85. The van der Waals surface area contributed by atoms with E-state index >= 15 is 0 Å². The van der Waals surface area contributed by atoms with Gasteiger partial charge in [-0.25, -0.2) is 0 Å². The van der Waals surface area contributed by atoms with Crippen LogP contribution >= 0.6 is 0 Å². The monoisotopic (exact) mass is 344 g/mol. The number of nitrogens with zero attached hydrogens (tertiary/aromatic N) is 2. The molecule has 1 saturated heterocycles. The van der Waals surface area contributed by atoms with Gasteiger partial charge in [0.05, 0.1) is 11.1 Å². The molecule has 2 aliphatic heterocycles. The summed E-state index contributed by atoms with van der Waals surface area (Å²) < 4.78 is 0. The standard InChI is InChI=1S/C20H28N2O3/c1-6-19(4)13-12-14(3)20(5,7-2)22(19)25-21-17(23)15-10-8-9-11-16(15)18(21)24/h8-11,14H,6-7,12-13H2,1-5H3. The fourth-order valence-corrected chi connectivity index (χ4v) is 4.08. The first-order chi connectivity index (χ1) is 11.8. The lowest BCUT2D eigenvalue weighted by atomic mass is 9.71. The molecule has 0 bridgehead atoms. The highest BCUT2D eigenvalue weighted by Gasteiger charge is 2.52. The van der Waals surface area contributed by atoms with Gasteiger partial charge < -0.3 is 0 Å².